The second-order valence-electron chi connectivity index (χ2n) is 5.50. The predicted octanol–water partition coefficient (Wildman–Crippen LogP) is 2.95. The van der Waals surface area contributed by atoms with Gasteiger partial charge in [0.2, 0.25) is 0 Å². The van der Waals surface area contributed by atoms with Crippen LogP contribution in [0.2, 0.25) is 25.7 Å². The highest BCUT2D eigenvalue weighted by Gasteiger charge is 2.19. The van der Waals surface area contributed by atoms with Crippen LogP contribution in [-0.2, 0) is 0 Å². The normalized spacial score (nSPS) is 15.2. The van der Waals surface area contributed by atoms with Gasteiger partial charge in [0.15, 0.2) is 0 Å². The molecular formula is C10H25NSi. The van der Waals surface area contributed by atoms with E-state index < -0.39 is 8.07 Å². The predicted molar refractivity (Wildman–Crippen MR) is 60.2 cm³/mol. The number of hydrogen-bond donors (Lipinski definition) is 1. The first-order valence-corrected chi connectivity index (χ1v) is 8.76. The van der Waals surface area contributed by atoms with E-state index in [0.717, 1.165) is 18.4 Å². The largest absolute Gasteiger partial charge is 0.330 e. The Morgan fingerprint density at radius 1 is 1.17 bits per heavy atom. The van der Waals surface area contributed by atoms with Gasteiger partial charge >= 0.3 is 0 Å². The summed E-state index contributed by atoms with van der Waals surface area (Å²) in [6.07, 6.45) is 1.31. The third-order valence-corrected chi connectivity index (χ3v) is 3.84. The van der Waals surface area contributed by atoms with E-state index in [1.807, 2.05) is 0 Å². The Bertz CT molecular complexity index is 115. The number of hydrogen-bond acceptors (Lipinski definition) is 1. The number of nitrogens with two attached hydrogens (primary N) is 1. The van der Waals surface area contributed by atoms with E-state index in [9.17, 15) is 0 Å². The minimum Gasteiger partial charge on any atom is -0.330 e. The molecule has 12 heavy (non-hydrogen) atoms. The van der Waals surface area contributed by atoms with Crippen molar-refractivity contribution in [2.24, 2.45) is 17.6 Å². The first-order chi connectivity index (χ1) is 5.35. The fraction of sp³-hybridized carbons (Fsp3) is 1.00. The molecule has 0 aromatic rings. The van der Waals surface area contributed by atoms with Crippen LogP contribution in [0, 0.1) is 11.8 Å². The van der Waals surface area contributed by atoms with Crippen molar-refractivity contribution < 1.29 is 0 Å². The molecule has 2 heteroatoms. The van der Waals surface area contributed by atoms with Gasteiger partial charge in [0.25, 0.3) is 0 Å². The van der Waals surface area contributed by atoms with Crippen LogP contribution in [0.15, 0.2) is 0 Å². The molecule has 74 valence electrons. The monoisotopic (exact) mass is 187 g/mol. The second kappa shape index (κ2) is 5.03. The fourth-order valence-corrected chi connectivity index (χ4v) is 3.86. The maximum Gasteiger partial charge on any atom is 0.0445 e. The lowest BCUT2D eigenvalue weighted by molar-refractivity contribution is 0.443. The smallest absolute Gasteiger partial charge is 0.0445 e. The summed E-state index contributed by atoms with van der Waals surface area (Å²) in [4.78, 5) is 0. The summed E-state index contributed by atoms with van der Waals surface area (Å²) in [5.41, 5.74) is 5.75. The van der Waals surface area contributed by atoms with Crippen LogP contribution in [0.1, 0.15) is 20.3 Å². The summed E-state index contributed by atoms with van der Waals surface area (Å²) in [5.74, 6) is 1.58. The van der Waals surface area contributed by atoms with Crippen molar-refractivity contribution in [2.45, 2.75) is 46.0 Å². The molecule has 1 atom stereocenters. The van der Waals surface area contributed by atoms with Gasteiger partial charge in [-0.15, -0.1) is 0 Å². The molecule has 0 heterocycles. The molecule has 0 fully saturated rings. The van der Waals surface area contributed by atoms with Crippen molar-refractivity contribution in [1.82, 2.24) is 0 Å². The maximum absolute atomic E-state index is 5.75. The summed E-state index contributed by atoms with van der Waals surface area (Å²) in [6, 6.07) is 1.39. The Morgan fingerprint density at radius 3 is 1.92 bits per heavy atom. The lowest BCUT2D eigenvalue weighted by Gasteiger charge is -2.24. The summed E-state index contributed by atoms with van der Waals surface area (Å²) in [6.45, 7) is 12.7. The molecule has 0 radical (unpaired) electrons. The highest BCUT2D eigenvalue weighted by molar-refractivity contribution is 6.76. The summed E-state index contributed by atoms with van der Waals surface area (Å²) in [7, 11) is -0.888. The molecule has 0 aromatic carbocycles. The van der Waals surface area contributed by atoms with Gasteiger partial charge in [-0.05, 0) is 24.8 Å². The minimum atomic E-state index is -0.888. The topological polar surface area (TPSA) is 26.0 Å². The van der Waals surface area contributed by atoms with E-state index in [1.54, 1.807) is 0 Å². The molecule has 1 nitrogen and oxygen atoms in total. The molecule has 0 rings (SSSR count). The van der Waals surface area contributed by atoms with E-state index in [2.05, 4.69) is 33.5 Å². The molecule has 0 spiro atoms. The van der Waals surface area contributed by atoms with Gasteiger partial charge in [-0.3, -0.25) is 0 Å². The molecule has 0 aliphatic carbocycles. The maximum atomic E-state index is 5.75. The zero-order valence-electron chi connectivity index (χ0n) is 9.35. The molecule has 0 aliphatic rings. The fourth-order valence-electron chi connectivity index (χ4n) is 1.80. The Hall–Kier alpha value is 0.177. The summed E-state index contributed by atoms with van der Waals surface area (Å²) >= 11 is 0. The van der Waals surface area contributed by atoms with Gasteiger partial charge in [-0.1, -0.05) is 39.5 Å². The van der Waals surface area contributed by atoms with Gasteiger partial charge in [-0.25, -0.2) is 0 Å². The first-order valence-electron chi connectivity index (χ1n) is 5.05. The van der Waals surface area contributed by atoms with Gasteiger partial charge in [0, 0.05) is 8.07 Å². The van der Waals surface area contributed by atoms with Gasteiger partial charge in [0.1, 0.15) is 0 Å². The third kappa shape index (κ3) is 6.86. The lowest BCUT2D eigenvalue weighted by atomic mass is 9.99. The van der Waals surface area contributed by atoms with Gasteiger partial charge in [0.05, 0.1) is 0 Å². The molecule has 0 aromatic heterocycles. The second-order valence-corrected chi connectivity index (χ2v) is 11.0. The molecule has 0 amide bonds. The van der Waals surface area contributed by atoms with Crippen LogP contribution in [0.5, 0.6) is 0 Å². The van der Waals surface area contributed by atoms with E-state index >= 15 is 0 Å². The van der Waals surface area contributed by atoms with E-state index in [-0.39, 0.29) is 0 Å². The molecule has 1 unspecified atom stereocenters. The van der Waals surface area contributed by atoms with Crippen LogP contribution >= 0.6 is 0 Å². The van der Waals surface area contributed by atoms with E-state index in [4.69, 9.17) is 5.73 Å². The zero-order valence-corrected chi connectivity index (χ0v) is 10.4. The van der Waals surface area contributed by atoms with Crippen LogP contribution in [0.25, 0.3) is 0 Å². The SMILES string of the molecule is CC(C)CC(CN)C[Si](C)(C)C. The summed E-state index contributed by atoms with van der Waals surface area (Å²) in [5, 5.41) is 0. The molecular weight excluding hydrogens is 162 g/mol. The highest BCUT2D eigenvalue weighted by atomic mass is 28.3. The van der Waals surface area contributed by atoms with Crippen LogP contribution in [0.4, 0.5) is 0 Å². The minimum absolute atomic E-state index is 0.775. The van der Waals surface area contributed by atoms with Crippen molar-refractivity contribution in [3.63, 3.8) is 0 Å². The van der Waals surface area contributed by atoms with Gasteiger partial charge in [-0.2, -0.15) is 0 Å². The van der Waals surface area contributed by atoms with Gasteiger partial charge < -0.3 is 5.73 Å². The third-order valence-electron chi connectivity index (χ3n) is 2.04. The Labute approximate surface area is 78.7 Å². The van der Waals surface area contributed by atoms with E-state index in [0.29, 0.717) is 0 Å². The molecule has 0 saturated heterocycles. The Kier molecular flexibility index (Phi) is 5.10. The molecule has 0 saturated carbocycles. The van der Waals surface area contributed by atoms with Crippen LogP contribution < -0.4 is 5.73 Å². The van der Waals surface area contributed by atoms with Crippen LogP contribution in [-0.4, -0.2) is 14.6 Å². The van der Waals surface area contributed by atoms with E-state index in [1.165, 1.54) is 12.5 Å². The Morgan fingerprint density at radius 2 is 1.67 bits per heavy atom. The lowest BCUT2D eigenvalue weighted by Crippen LogP contribution is -2.28. The van der Waals surface area contributed by atoms with Crippen LogP contribution in [0.3, 0.4) is 0 Å². The highest BCUT2D eigenvalue weighted by Crippen LogP contribution is 2.21. The van der Waals surface area contributed by atoms with Crippen molar-refractivity contribution in [2.75, 3.05) is 6.54 Å². The average Bonchev–Trinajstić information content (AvgIpc) is 1.82. The molecule has 2 N–H and O–H groups in total. The zero-order chi connectivity index (χ0) is 9.78. The van der Waals surface area contributed by atoms with Crippen molar-refractivity contribution in [3.05, 3.63) is 0 Å². The standard InChI is InChI=1S/C10H25NSi/c1-9(2)6-10(7-11)8-12(3,4)5/h9-10H,6-8,11H2,1-5H3. The quantitative estimate of drug-likeness (QED) is 0.658. The Balaban J connectivity index is 3.83. The van der Waals surface area contributed by atoms with Crippen molar-refractivity contribution >= 4 is 8.07 Å². The average molecular weight is 187 g/mol. The molecule has 0 aliphatic heterocycles. The first kappa shape index (κ1) is 12.2. The number of rotatable bonds is 5. The molecule has 0 bridgehead atoms. The van der Waals surface area contributed by atoms with Crippen molar-refractivity contribution in [3.8, 4) is 0 Å². The summed E-state index contributed by atoms with van der Waals surface area (Å²) < 4.78 is 0. The van der Waals surface area contributed by atoms with Crippen molar-refractivity contribution in [1.29, 1.82) is 0 Å².